The van der Waals surface area contributed by atoms with Crippen LogP contribution in [-0.4, -0.2) is 19.4 Å². The van der Waals surface area contributed by atoms with E-state index in [1.165, 1.54) is 23.5 Å². The standard InChI is InChI=1S/C21H18N4O3S2/c26-20(22-14-15-7-3-1-4-8-15)23-16-11-12-18-19(13-16)29-21(24-18)25-30(27,28)17-9-5-2-6-10-17/h1-13H,14H2,(H,24,25)(H2,22,23,26). The van der Waals surface area contributed by atoms with Gasteiger partial charge in [-0.1, -0.05) is 59.9 Å². The lowest BCUT2D eigenvalue weighted by Gasteiger charge is -2.07. The second-order valence-electron chi connectivity index (χ2n) is 6.41. The first kappa shape index (κ1) is 19.9. The van der Waals surface area contributed by atoms with Crippen LogP contribution in [0.1, 0.15) is 5.56 Å². The van der Waals surface area contributed by atoms with Crippen molar-refractivity contribution in [2.24, 2.45) is 0 Å². The van der Waals surface area contributed by atoms with E-state index in [1.54, 1.807) is 36.4 Å². The Balaban J connectivity index is 1.44. The monoisotopic (exact) mass is 438 g/mol. The number of rotatable bonds is 6. The number of amides is 2. The Labute approximate surface area is 177 Å². The number of carbonyl (C=O) groups excluding carboxylic acids is 1. The minimum absolute atomic E-state index is 0.168. The third kappa shape index (κ3) is 4.76. The minimum Gasteiger partial charge on any atom is -0.334 e. The van der Waals surface area contributed by atoms with Crippen molar-refractivity contribution in [3.63, 3.8) is 0 Å². The van der Waals surface area contributed by atoms with Crippen LogP contribution in [0.5, 0.6) is 0 Å². The summed E-state index contributed by atoms with van der Waals surface area (Å²) in [5.41, 5.74) is 2.23. The number of sulfonamides is 1. The van der Waals surface area contributed by atoms with Gasteiger partial charge >= 0.3 is 6.03 Å². The van der Waals surface area contributed by atoms with Gasteiger partial charge in [0.25, 0.3) is 10.0 Å². The number of fused-ring (bicyclic) bond motifs is 1. The van der Waals surface area contributed by atoms with Crippen LogP contribution in [0.3, 0.4) is 0 Å². The lowest BCUT2D eigenvalue weighted by Crippen LogP contribution is -2.28. The largest absolute Gasteiger partial charge is 0.334 e. The Morgan fingerprint density at radius 2 is 1.63 bits per heavy atom. The van der Waals surface area contributed by atoms with Crippen LogP contribution in [0.2, 0.25) is 0 Å². The number of aromatic nitrogens is 1. The van der Waals surface area contributed by atoms with Gasteiger partial charge < -0.3 is 10.6 Å². The molecule has 4 rings (SSSR count). The Morgan fingerprint density at radius 1 is 0.933 bits per heavy atom. The van der Waals surface area contributed by atoms with Gasteiger partial charge in [0.05, 0.1) is 15.1 Å². The molecule has 0 aliphatic heterocycles. The van der Waals surface area contributed by atoms with Gasteiger partial charge in [-0.15, -0.1) is 0 Å². The summed E-state index contributed by atoms with van der Waals surface area (Å²) < 4.78 is 28.2. The van der Waals surface area contributed by atoms with Crippen molar-refractivity contribution in [3.8, 4) is 0 Å². The van der Waals surface area contributed by atoms with Crippen LogP contribution < -0.4 is 15.4 Å². The number of thiazole rings is 1. The lowest BCUT2D eigenvalue weighted by molar-refractivity contribution is 0.251. The van der Waals surface area contributed by atoms with Crippen molar-refractivity contribution >= 4 is 48.4 Å². The van der Waals surface area contributed by atoms with E-state index in [2.05, 4.69) is 20.3 Å². The number of hydrogen-bond donors (Lipinski definition) is 3. The average Bonchev–Trinajstić information content (AvgIpc) is 3.14. The maximum atomic E-state index is 12.5. The smallest absolute Gasteiger partial charge is 0.319 e. The van der Waals surface area contributed by atoms with Gasteiger partial charge in [-0.2, -0.15) is 0 Å². The SMILES string of the molecule is O=C(NCc1ccccc1)Nc1ccc2nc(NS(=O)(=O)c3ccccc3)sc2c1. The van der Waals surface area contributed by atoms with Crippen molar-refractivity contribution in [2.75, 3.05) is 10.0 Å². The minimum atomic E-state index is -3.71. The molecule has 30 heavy (non-hydrogen) atoms. The summed E-state index contributed by atoms with van der Waals surface area (Å²) in [6.45, 7) is 0.418. The van der Waals surface area contributed by atoms with Crippen LogP contribution in [0.25, 0.3) is 10.2 Å². The molecule has 0 unspecified atom stereocenters. The lowest BCUT2D eigenvalue weighted by atomic mass is 10.2. The normalized spacial score (nSPS) is 11.2. The summed E-state index contributed by atoms with van der Waals surface area (Å²) in [6.07, 6.45) is 0. The molecule has 0 atom stereocenters. The zero-order valence-corrected chi connectivity index (χ0v) is 17.3. The molecule has 9 heteroatoms. The summed E-state index contributed by atoms with van der Waals surface area (Å²) in [5.74, 6) is 0. The van der Waals surface area contributed by atoms with Crippen molar-refractivity contribution in [3.05, 3.63) is 84.4 Å². The van der Waals surface area contributed by atoms with Gasteiger partial charge in [0.1, 0.15) is 0 Å². The molecule has 1 aromatic heterocycles. The summed E-state index contributed by atoms with van der Waals surface area (Å²) in [6, 6.07) is 22.6. The Kier molecular flexibility index (Phi) is 5.64. The molecular weight excluding hydrogens is 420 g/mol. The molecule has 4 aromatic rings. The van der Waals surface area contributed by atoms with E-state index < -0.39 is 10.0 Å². The molecule has 0 bridgehead atoms. The molecule has 0 spiro atoms. The van der Waals surface area contributed by atoms with Crippen molar-refractivity contribution < 1.29 is 13.2 Å². The van der Waals surface area contributed by atoms with E-state index in [9.17, 15) is 13.2 Å². The number of nitrogens with one attached hydrogen (secondary N) is 3. The molecule has 2 amide bonds. The van der Waals surface area contributed by atoms with E-state index in [-0.39, 0.29) is 16.1 Å². The third-order valence-corrected chi connectivity index (χ3v) is 6.64. The molecule has 0 fully saturated rings. The highest BCUT2D eigenvalue weighted by atomic mass is 32.2. The van der Waals surface area contributed by atoms with Crippen molar-refractivity contribution in [1.82, 2.24) is 10.3 Å². The Bertz CT molecular complexity index is 1270. The molecule has 7 nitrogen and oxygen atoms in total. The first-order valence-electron chi connectivity index (χ1n) is 9.07. The van der Waals surface area contributed by atoms with Crippen molar-refractivity contribution in [2.45, 2.75) is 11.4 Å². The maximum absolute atomic E-state index is 12.5. The Morgan fingerprint density at radius 3 is 2.37 bits per heavy atom. The number of anilines is 2. The molecule has 3 aromatic carbocycles. The fourth-order valence-electron chi connectivity index (χ4n) is 2.77. The summed E-state index contributed by atoms with van der Waals surface area (Å²) in [5, 5.41) is 5.84. The number of carbonyl (C=O) groups is 1. The molecule has 3 N–H and O–H groups in total. The molecule has 0 aliphatic carbocycles. The van der Waals surface area contributed by atoms with E-state index >= 15 is 0 Å². The van der Waals surface area contributed by atoms with Crippen LogP contribution in [0.15, 0.2) is 83.8 Å². The second-order valence-corrected chi connectivity index (χ2v) is 9.13. The van der Waals surface area contributed by atoms with Crippen LogP contribution in [0, 0.1) is 0 Å². The molecule has 0 radical (unpaired) electrons. The zero-order chi connectivity index (χ0) is 21.0. The molecule has 0 saturated heterocycles. The van der Waals surface area contributed by atoms with Gasteiger partial charge in [0, 0.05) is 12.2 Å². The molecule has 152 valence electrons. The predicted octanol–water partition coefficient (Wildman–Crippen LogP) is 4.42. The summed E-state index contributed by atoms with van der Waals surface area (Å²) in [4.78, 5) is 16.6. The Hall–Kier alpha value is -3.43. The van der Waals surface area contributed by atoms with E-state index in [0.29, 0.717) is 17.7 Å². The number of nitrogens with zero attached hydrogens (tertiary/aromatic N) is 1. The summed E-state index contributed by atoms with van der Waals surface area (Å²) in [7, 11) is -3.71. The average molecular weight is 439 g/mol. The zero-order valence-electron chi connectivity index (χ0n) is 15.7. The predicted molar refractivity (Wildman–Crippen MR) is 119 cm³/mol. The van der Waals surface area contributed by atoms with Gasteiger partial charge in [0.15, 0.2) is 5.13 Å². The highest BCUT2D eigenvalue weighted by Gasteiger charge is 2.16. The maximum Gasteiger partial charge on any atom is 0.319 e. The number of benzene rings is 3. The molecule has 0 saturated carbocycles. The fraction of sp³-hybridized carbons (Fsp3) is 0.0476. The van der Waals surface area contributed by atoms with E-state index in [1.807, 2.05) is 30.3 Å². The van der Waals surface area contributed by atoms with E-state index in [0.717, 1.165) is 10.3 Å². The van der Waals surface area contributed by atoms with Crippen LogP contribution >= 0.6 is 11.3 Å². The van der Waals surface area contributed by atoms with Gasteiger partial charge in [-0.05, 0) is 35.9 Å². The van der Waals surface area contributed by atoms with Gasteiger partial charge in [0.2, 0.25) is 0 Å². The second kappa shape index (κ2) is 8.52. The summed E-state index contributed by atoms with van der Waals surface area (Å²) >= 11 is 1.20. The number of hydrogen-bond acceptors (Lipinski definition) is 5. The molecule has 1 heterocycles. The van der Waals surface area contributed by atoms with E-state index in [4.69, 9.17) is 0 Å². The first-order valence-corrected chi connectivity index (χ1v) is 11.4. The van der Waals surface area contributed by atoms with Crippen molar-refractivity contribution in [1.29, 1.82) is 0 Å². The fourth-order valence-corrected chi connectivity index (χ4v) is 4.93. The topological polar surface area (TPSA) is 100 Å². The highest BCUT2D eigenvalue weighted by molar-refractivity contribution is 7.93. The third-order valence-electron chi connectivity index (χ3n) is 4.22. The highest BCUT2D eigenvalue weighted by Crippen LogP contribution is 2.29. The molecule has 0 aliphatic rings. The van der Waals surface area contributed by atoms with Gasteiger partial charge in [-0.25, -0.2) is 18.2 Å². The quantitative estimate of drug-likeness (QED) is 0.415. The van der Waals surface area contributed by atoms with Crippen LogP contribution in [-0.2, 0) is 16.6 Å². The van der Waals surface area contributed by atoms with Crippen LogP contribution in [0.4, 0.5) is 15.6 Å². The first-order chi connectivity index (χ1) is 14.5. The molecular formula is C21H18N4O3S2. The number of urea groups is 1. The van der Waals surface area contributed by atoms with Gasteiger partial charge in [-0.3, -0.25) is 4.72 Å².